The van der Waals surface area contributed by atoms with Crippen molar-refractivity contribution in [2.75, 3.05) is 6.61 Å². The first kappa shape index (κ1) is 20.6. The van der Waals surface area contributed by atoms with Gasteiger partial charge < -0.3 is 29.5 Å². The monoisotopic (exact) mass is 416 g/mol. The number of rotatable bonds is 4. The number of carbonyl (C=O) groups is 4. The second-order valence-electron chi connectivity index (χ2n) is 6.21. The minimum absolute atomic E-state index is 0.113. The van der Waals surface area contributed by atoms with Crippen molar-refractivity contribution < 1.29 is 48.7 Å². The highest BCUT2D eigenvalue weighted by molar-refractivity contribution is 6.30. The topological polar surface area (TPSA) is 157 Å². The molecule has 2 aromatic rings. The maximum Gasteiger partial charge on any atom is 0.418 e. The van der Waals surface area contributed by atoms with Gasteiger partial charge in [0.1, 0.15) is 22.8 Å². The van der Waals surface area contributed by atoms with Gasteiger partial charge in [0.15, 0.2) is 0 Å². The summed E-state index contributed by atoms with van der Waals surface area (Å²) in [6.45, 7) is 1.27. The average Bonchev–Trinajstić information content (AvgIpc) is 2.69. The van der Waals surface area contributed by atoms with Gasteiger partial charge in [0, 0.05) is 17.7 Å². The maximum absolute atomic E-state index is 13.5. The maximum atomic E-state index is 13.5. The van der Waals surface area contributed by atoms with E-state index in [9.17, 15) is 34.5 Å². The molecule has 2 atom stereocenters. The van der Waals surface area contributed by atoms with Crippen molar-refractivity contribution >= 4 is 23.7 Å². The predicted molar refractivity (Wildman–Crippen MR) is 97.0 cm³/mol. The van der Waals surface area contributed by atoms with Crippen LogP contribution in [0.5, 0.6) is 17.2 Å². The van der Waals surface area contributed by atoms with Crippen LogP contribution in [0.4, 0.5) is 0 Å². The Kier molecular flexibility index (Phi) is 5.33. The van der Waals surface area contributed by atoms with Crippen molar-refractivity contribution in [1.29, 1.82) is 0 Å². The molecule has 2 unspecified atom stereocenters. The summed E-state index contributed by atoms with van der Waals surface area (Å²) in [4.78, 5) is 49.7. The molecule has 0 bridgehead atoms. The largest absolute Gasteiger partial charge is 0.508 e. The molecular weight excluding hydrogens is 400 g/mol. The number of ketones is 1. The van der Waals surface area contributed by atoms with E-state index in [1.165, 1.54) is 31.2 Å². The van der Waals surface area contributed by atoms with Gasteiger partial charge in [-0.2, -0.15) is 0 Å². The Morgan fingerprint density at radius 3 is 2.37 bits per heavy atom. The minimum atomic E-state index is -2.65. The van der Waals surface area contributed by atoms with Crippen LogP contribution >= 0.6 is 0 Å². The molecule has 0 fully saturated rings. The van der Waals surface area contributed by atoms with E-state index in [-0.39, 0.29) is 12.2 Å². The first-order valence-corrected chi connectivity index (χ1v) is 8.68. The van der Waals surface area contributed by atoms with Crippen molar-refractivity contribution in [2.45, 2.75) is 18.6 Å². The van der Waals surface area contributed by atoms with E-state index in [0.717, 1.165) is 12.1 Å². The number of esters is 2. The number of aromatic hydroxyl groups is 2. The number of benzene rings is 2. The lowest BCUT2D eigenvalue weighted by Crippen LogP contribution is -2.59. The molecule has 0 aromatic heterocycles. The van der Waals surface area contributed by atoms with Gasteiger partial charge in [-0.25, -0.2) is 14.4 Å². The van der Waals surface area contributed by atoms with Gasteiger partial charge in [0.25, 0.3) is 0 Å². The van der Waals surface area contributed by atoms with E-state index >= 15 is 0 Å². The van der Waals surface area contributed by atoms with Crippen LogP contribution in [0.25, 0.3) is 0 Å². The SMILES string of the molecule is CCOC(=O)C(=O)OC1(c2ccccc2)C(=O)c2c(O)cc(O)cc2OC1C(=O)O. The van der Waals surface area contributed by atoms with Crippen molar-refractivity contribution in [1.82, 2.24) is 0 Å². The van der Waals surface area contributed by atoms with Crippen LogP contribution in [0.2, 0.25) is 0 Å². The number of hydrogen-bond acceptors (Lipinski definition) is 9. The quantitative estimate of drug-likeness (QED) is 0.487. The number of Topliss-reactive ketones (excluding diaryl/α,β-unsaturated/α-hetero) is 1. The number of carbonyl (C=O) groups excluding carboxylic acids is 3. The van der Waals surface area contributed by atoms with Gasteiger partial charge in [-0.1, -0.05) is 30.3 Å². The Morgan fingerprint density at radius 1 is 1.10 bits per heavy atom. The smallest absolute Gasteiger partial charge is 0.418 e. The summed E-state index contributed by atoms with van der Waals surface area (Å²) in [6.07, 6.45) is -2.14. The number of aliphatic carboxylic acids is 1. The lowest BCUT2D eigenvalue weighted by molar-refractivity contribution is -0.186. The number of hydrogen-bond donors (Lipinski definition) is 3. The fourth-order valence-corrected chi connectivity index (χ4v) is 3.15. The molecule has 2 aromatic carbocycles. The minimum Gasteiger partial charge on any atom is -0.508 e. The highest BCUT2D eigenvalue weighted by atomic mass is 16.6. The lowest BCUT2D eigenvalue weighted by atomic mass is 9.78. The molecule has 0 saturated carbocycles. The van der Waals surface area contributed by atoms with Crippen molar-refractivity contribution in [3.8, 4) is 17.2 Å². The van der Waals surface area contributed by atoms with Crippen LogP contribution in [0.15, 0.2) is 42.5 Å². The number of fused-ring (bicyclic) bond motifs is 1. The van der Waals surface area contributed by atoms with Gasteiger partial charge in [0.2, 0.25) is 17.5 Å². The molecular formula is C20H16O10. The van der Waals surface area contributed by atoms with Crippen molar-refractivity contribution in [3.05, 3.63) is 53.6 Å². The van der Waals surface area contributed by atoms with Crippen LogP contribution in [0.1, 0.15) is 22.8 Å². The van der Waals surface area contributed by atoms with Gasteiger partial charge >= 0.3 is 17.9 Å². The number of phenols is 2. The van der Waals surface area contributed by atoms with Crippen molar-refractivity contribution in [2.24, 2.45) is 0 Å². The zero-order valence-corrected chi connectivity index (χ0v) is 15.5. The molecule has 0 spiro atoms. The second-order valence-corrected chi connectivity index (χ2v) is 6.21. The summed E-state index contributed by atoms with van der Waals surface area (Å²) in [5.41, 5.74) is -3.29. The zero-order valence-electron chi connectivity index (χ0n) is 15.5. The summed E-state index contributed by atoms with van der Waals surface area (Å²) in [5, 5.41) is 29.6. The standard InChI is InChI=1S/C20H16O10/c1-2-28-18(26)19(27)30-20(10-6-4-3-5-7-10)15(23)14-12(22)8-11(21)9-13(14)29-16(20)17(24)25/h3-9,16,21-22H,2H2,1H3,(H,24,25). The first-order valence-electron chi connectivity index (χ1n) is 8.68. The molecule has 156 valence electrons. The molecule has 3 N–H and O–H groups in total. The fourth-order valence-electron chi connectivity index (χ4n) is 3.15. The zero-order chi connectivity index (χ0) is 22.1. The third-order valence-corrected chi connectivity index (χ3v) is 4.37. The van der Waals surface area contributed by atoms with Crippen LogP contribution in [0, 0.1) is 0 Å². The molecule has 30 heavy (non-hydrogen) atoms. The third kappa shape index (κ3) is 3.28. The molecule has 1 aliphatic rings. The number of carboxylic acid groups (broad SMARTS) is 1. The van der Waals surface area contributed by atoms with E-state index in [2.05, 4.69) is 4.74 Å². The van der Waals surface area contributed by atoms with E-state index in [0.29, 0.717) is 0 Å². The van der Waals surface area contributed by atoms with Gasteiger partial charge in [-0.3, -0.25) is 4.79 Å². The Bertz CT molecular complexity index is 1030. The van der Waals surface area contributed by atoms with Gasteiger partial charge in [-0.15, -0.1) is 0 Å². The molecule has 0 saturated heterocycles. The van der Waals surface area contributed by atoms with Crippen LogP contribution in [-0.4, -0.2) is 51.7 Å². The molecule has 0 aliphatic carbocycles. The van der Waals surface area contributed by atoms with Crippen LogP contribution in [-0.2, 0) is 29.5 Å². The summed E-state index contributed by atoms with van der Waals surface area (Å²) < 4.78 is 15.1. The van der Waals surface area contributed by atoms with Crippen LogP contribution < -0.4 is 4.74 Å². The first-order chi connectivity index (χ1) is 14.2. The lowest BCUT2D eigenvalue weighted by Gasteiger charge is -2.40. The number of phenolic OH excluding ortho intramolecular Hbond substituents is 2. The summed E-state index contributed by atoms with van der Waals surface area (Å²) in [6, 6.07) is 8.85. The number of ether oxygens (including phenoxy) is 3. The molecule has 10 nitrogen and oxygen atoms in total. The van der Waals surface area contributed by atoms with Crippen molar-refractivity contribution in [3.63, 3.8) is 0 Å². The Hall–Kier alpha value is -4.08. The van der Waals surface area contributed by atoms with E-state index in [4.69, 9.17) is 9.47 Å². The molecule has 10 heteroatoms. The van der Waals surface area contributed by atoms with E-state index < -0.39 is 58.2 Å². The van der Waals surface area contributed by atoms with Crippen LogP contribution in [0.3, 0.4) is 0 Å². The normalized spacial score (nSPS) is 19.9. The molecule has 3 rings (SSSR count). The highest BCUT2D eigenvalue weighted by Crippen LogP contribution is 2.47. The van der Waals surface area contributed by atoms with Gasteiger partial charge in [-0.05, 0) is 6.92 Å². The molecule has 0 radical (unpaired) electrons. The Labute approximate surface area is 169 Å². The Morgan fingerprint density at radius 2 is 1.77 bits per heavy atom. The average molecular weight is 416 g/mol. The fraction of sp³-hybridized carbons (Fsp3) is 0.200. The Balaban J connectivity index is 2.27. The van der Waals surface area contributed by atoms with Gasteiger partial charge in [0.05, 0.1) is 6.61 Å². The summed E-state index contributed by atoms with van der Waals surface area (Å²) in [5.74, 6) is -7.56. The van der Waals surface area contributed by atoms with E-state index in [1.807, 2.05) is 0 Å². The molecule has 0 amide bonds. The second kappa shape index (κ2) is 7.74. The summed E-state index contributed by atoms with van der Waals surface area (Å²) >= 11 is 0. The van der Waals surface area contributed by atoms with E-state index in [1.54, 1.807) is 6.07 Å². The predicted octanol–water partition coefficient (Wildman–Crippen LogP) is 1.13. The molecule has 1 heterocycles. The molecule has 1 aliphatic heterocycles. The number of carboxylic acids is 1. The third-order valence-electron chi connectivity index (χ3n) is 4.37. The summed E-state index contributed by atoms with van der Waals surface area (Å²) in [7, 11) is 0. The highest BCUT2D eigenvalue weighted by Gasteiger charge is 2.61.